The van der Waals surface area contributed by atoms with E-state index in [9.17, 15) is 10.1 Å². The van der Waals surface area contributed by atoms with Crippen LogP contribution in [0.25, 0.3) is 6.08 Å². The number of thiophene rings is 1. The highest BCUT2D eigenvalue weighted by Crippen LogP contribution is 2.37. The lowest BCUT2D eigenvalue weighted by atomic mass is 10.1. The van der Waals surface area contributed by atoms with Crippen molar-refractivity contribution in [3.8, 4) is 17.6 Å². The van der Waals surface area contributed by atoms with E-state index < -0.39 is 0 Å². The zero-order chi connectivity index (χ0) is 20.2. The normalized spacial score (nSPS) is 12.1. The Kier molecular flexibility index (Phi) is 5.32. The van der Waals surface area contributed by atoms with Crippen molar-refractivity contribution in [1.29, 1.82) is 5.26 Å². The van der Waals surface area contributed by atoms with E-state index in [1.54, 1.807) is 6.08 Å². The Morgan fingerprint density at radius 2 is 2.00 bits per heavy atom. The Bertz CT molecular complexity index is 1130. The molecule has 1 aliphatic heterocycles. The van der Waals surface area contributed by atoms with Gasteiger partial charge in [-0.2, -0.15) is 5.26 Å². The maximum Gasteiger partial charge on any atom is 0.249 e. The van der Waals surface area contributed by atoms with Crippen molar-refractivity contribution >= 4 is 28.3 Å². The third kappa shape index (κ3) is 4.15. The van der Waals surface area contributed by atoms with Gasteiger partial charge in [0.15, 0.2) is 11.5 Å². The highest BCUT2D eigenvalue weighted by molar-refractivity contribution is 7.16. The second-order valence-electron chi connectivity index (χ2n) is 6.56. The number of ether oxygens (including phenoxy) is 2. The van der Waals surface area contributed by atoms with Crippen LogP contribution in [-0.2, 0) is 11.2 Å². The van der Waals surface area contributed by atoms with Gasteiger partial charge in [0.2, 0.25) is 12.7 Å². The van der Waals surface area contributed by atoms with Gasteiger partial charge < -0.3 is 14.8 Å². The number of hydrogen-bond donors (Lipinski definition) is 1. The predicted octanol–water partition coefficient (Wildman–Crippen LogP) is 4.90. The van der Waals surface area contributed by atoms with Crippen molar-refractivity contribution in [2.45, 2.75) is 13.3 Å². The first kappa shape index (κ1) is 18.8. The maximum absolute atomic E-state index is 12.3. The Hall–Kier alpha value is -3.56. The Labute approximate surface area is 172 Å². The number of nitrogens with zero attached hydrogens (tertiary/aromatic N) is 1. The fraction of sp³-hybridized carbons (Fsp3) is 0.130. The summed E-state index contributed by atoms with van der Waals surface area (Å²) in [5.41, 5.74) is 3.39. The summed E-state index contributed by atoms with van der Waals surface area (Å²) in [6.45, 7) is 2.15. The molecule has 0 radical (unpaired) electrons. The topological polar surface area (TPSA) is 71.3 Å². The van der Waals surface area contributed by atoms with Crippen LogP contribution in [0.3, 0.4) is 0 Å². The fourth-order valence-corrected chi connectivity index (χ4v) is 4.27. The molecule has 1 aliphatic rings. The molecule has 1 amide bonds. The van der Waals surface area contributed by atoms with Crippen molar-refractivity contribution in [2.24, 2.45) is 0 Å². The molecule has 0 unspecified atom stereocenters. The third-order valence-corrected chi connectivity index (χ3v) is 5.83. The number of rotatable bonds is 5. The highest BCUT2D eigenvalue weighted by atomic mass is 32.1. The molecule has 1 N–H and O–H groups in total. The van der Waals surface area contributed by atoms with Crippen LogP contribution < -0.4 is 14.8 Å². The van der Waals surface area contributed by atoms with Crippen molar-refractivity contribution in [1.82, 2.24) is 0 Å². The van der Waals surface area contributed by atoms with E-state index in [0.717, 1.165) is 33.1 Å². The Morgan fingerprint density at radius 3 is 2.79 bits per heavy atom. The summed E-state index contributed by atoms with van der Waals surface area (Å²) in [7, 11) is 0. The van der Waals surface area contributed by atoms with Crippen molar-refractivity contribution in [3.63, 3.8) is 0 Å². The summed E-state index contributed by atoms with van der Waals surface area (Å²) in [5, 5.41) is 13.0. The van der Waals surface area contributed by atoms with E-state index in [0.29, 0.717) is 17.0 Å². The molecule has 144 valence electrons. The molecule has 0 atom stereocenters. The van der Waals surface area contributed by atoms with Gasteiger partial charge in [-0.05, 0) is 41.8 Å². The maximum atomic E-state index is 12.3. The van der Waals surface area contributed by atoms with Gasteiger partial charge in [0.25, 0.3) is 0 Å². The quantitative estimate of drug-likeness (QED) is 0.616. The first-order valence-corrected chi connectivity index (χ1v) is 9.90. The van der Waals surface area contributed by atoms with Gasteiger partial charge in [-0.3, -0.25) is 4.79 Å². The molecular weight excluding hydrogens is 384 g/mol. The van der Waals surface area contributed by atoms with E-state index in [-0.39, 0.29) is 12.7 Å². The molecule has 2 heterocycles. The van der Waals surface area contributed by atoms with Crippen LogP contribution in [0.4, 0.5) is 5.00 Å². The second kappa shape index (κ2) is 8.21. The molecule has 5 nitrogen and oxygen atoms in total. The number of anilines is 1. The molecule has 3 aromatic rings. The molecule has 4 rings (SSSR count). The molecule has 0 bridgehead atoms. The lowest BCUT2D eigenvalue weighted by Gasteiger charge is -2.02. The number of nitrogens with one attached hydrogen (secondary N) is 1. The molecule has 6 heteroatoms. The number of benzene rings is 2. The molecule has 2 aromatic carbocycles. The predicted molar refractivity (Wildman–Crippen MR) is 113 cm³/mol. The van der Waals surface area contributed by atoms with Gasteiger partial charge in [-0.15, -0.1) is 11.3 Å². The van der Waals surface area contributed by atoms with Crippen LogP contribution in [0.1, 0.15) is 27.1 Å². The van der Waals surface area contributed by atoms with Crippen LogP contribution in [0, 0.1) is 18.3 Å². The first-order valence-electron chi connectivity index (χ1n) is 9.09. The van der Waals surface area contributed by atoms with Gasteiger partial charge in [-0.25, -0.2) is 0 Å². The molecule has 0 saturated carbocycles. The standard InChI is InChI=1S/C23H18N2O3S/c1-15-18(13-24)23(25-22(26)10-8-16-5-3-2-4-6-16)29-21(15)12-17-7-9-19-20(11-17)28-14-27-19/h2-11H,12,14H2,1H3,(H,25,26)/b10-8+. The van der Waals surface area contributed by atoms with Gasteiger partial charge in [-0.1, -0.05) is 36.4 Å². The van der Waals surface area contributed by atoms with Crippen LogP contribution in [0.5, 0.6) is 11.5 Å². The monoisotopic (exact) mass is 402 g/mol. The SMILES string of the molecule is Cc1c(Cc2ccc3c(c2)OCO3)sc(NC(=O)/C=C/c2ccccc2)c1C#N. The first-order chi connectivity index (χ1) is 14.1. The van der Waals surface area contributed by atoms with Crippen LogP contribution in [0.2, 0.25) is 0 Å². The average molecular weight is 402 g/mol. The summed E-state index contributed by atoms with van der Waals surface area (Å²) in [6, 6.07) is 17.6. The minimum Gasteiger partial charge on any atom is -0.454 e. The molecule has 1 aromatic heterocycles. The fourth-order valence-electron chi connectivity index (χ4n) is 3.08. The lowest BCUT2D eigenvalue weighted by molar-refractivity contribution is -0.111. The van der Waals surface area contributed by atoms with Gasteiger partial charge >= 0.3 is 0 Å². The number of fused-ring (bicyclic) bond motifs is 1. The van der Waals surface area contributed by atoms with Crippen molar-refractivity contribution in [3.05, 3.63) is 81.7 Å². The second-order valence-corrected chi connectivity index (χ2v) is 7.67. The average Bonchev–Trinajstić information content (AvgIpc) is 3.31. The van der Waals surface area contributed by atoms with Gasteiger partial charge in [0, 0.05) is 17.4 Å². The number of carbonyl (C=O) groups excluding carboxylic acids is 1. The summed E-state index contributed by atoms with van der Waals surface area (Å²) >= 11 is 1.43. The van der Waals surface area contributed by atoms with E-state index in [1.165, 1.54) is 17.4 Å². The number of amides is 1. The zero-order valence-electron chi connectivity index (χ0n) is 15.8. The molecule has 0 aliphatic carbocycles. The van der Waals surface area contributed by atoms with E-state index in [1.807, 2.05) is 55.5 Å². The molecule has 0 fully saturated rings. The summed E-state index contributed by atoms with van der Waals surface area (Å²) < 4.78 is 10.8. The summed E-state index contributed by atoms with van der Waals surface area (Å²) in [5.74, 6) is 1.21. The van der Waals surface area contributed by atoms with Crippen LogP contribution >= 0.6 is 11.3 Å². The number of hydrogen-bond acceptors (Lipinski definition) is 5. The van der Waals surface area contributed by atoms with Gasteiger partial charge in [0.05, 0.1) is 5.56 Å². The molecular formula is C23H18N2O3S. The minimum atomic E-state index is -0.263. The lowest BCUT2D eigenvalue weighted by Crippen LogP contribution is -2.07. The van der Waals surface area contributed by atoms with E-state index in [2.05, 4.69) is 11.4 Å². The van der Waals surface area contributed by atoms with Crippen molar-refractivity contribution < 1.29 is 14.3 Å². The molecule has 29 heavy (non-hydrogen) atoms. The van der Waals surface area contributed by atoms with Gasteiger partial charge in [0.1, 0.15) is 11.1 Å². The zero-order valence-corrected chi connectivity index (χ0v) is 16.6. The smallest absolute Gasteiger partial charge is 0.249 e. The number of nitriles is 1. The largest absolute Gasteiger partial charge is 0.454 e. The minimum absolute atomic E-state index is 0.238. The van der Waals surface area contributed by atoms with E-state index in [4.69, 9.17) is 9.47 Å². The summed E-state index contributed by atoms with van der Waals surface area (Å²) in [6.07, 6.45) is 3.87. The van der Waals surface area contributed by atoms with Crippen LogP contribution in [-0.4, -0.2) is 12.7 Å². The highest BCUT2D eigenvalue weighted by Gasteiger charge is 2.18. The van der Waals surface area contributed by atoms with E-state index >= 15 is 0 Å². The summed E-state index contributed by atoms with van der Waals surface area (Å²) in [4.78, 5) is 13.4. The third-order valence-electron chi connectivity index (χ3n) is 4.62. The molecule has 0 spiro atoms. The van der Waals surface area contributed by atoms with Crippen molar-refractivity contribution in [2.75, 3.05) is 12.1 Å². The Morgan fingerprint density at radius 1 is 1.21 bits per heavy atom. The Balaban J connectivity index is 1.52. The van der Waals surface area contributed by atoms with Crippen LogP contribution in [0.15, 0.2) is 54.6 Å². The number of carbonyl (C=O) groups is 1. The molecule has 0 saturated heterocycles.